The maximum Gasteiger partial charge on any atom is 0.273 e. The Labute approximate surface area is 227 Å². The van der Waals surface area contributed by atoms with E-state index in [1.807, 2.05) is 16.5 Å². The number of benzene rings is 1. The third kappa shape index (κ3) is 4.64. The van der Waals surface area contributed by atoms with E-state index in [1.54, 1.807) is 59.9 Å². The van der Waals surface area contributed by atoms with Crippen molar-refractivity contribution in [1.29, 1.82) is 0 Å². The Bertz CT molecular complexity index is 1690. The Morgan fingerprint density at radius 3 is 2.59 bits per heavy atom. The van der Waals surface area contributed by atoms with Gasteiger partial charge in [-0.05, 0) is 54.8 Å². The summed E-state index contributed by atoms with van der Waals surface area (Å²) >= 11 is 5.93. The van der Waals surface area contributed by atoms with Crippen LogP contribution in [0, 0.1) is 0 Å². The number of hydrogen-bond acceptors (Lipinski definition) is 8. The molecular formula is C27H22ClN9O2. The van der Waals surface area contributed by atoms with E-state index in [9.17, 15) is 9.59 Å². The molecule has 1 aromatic carbocycles. The molecule has 1 fully saturated rings. The summed E-state index contributed by atoms with van der Waals surface area (Å²) in [5.41, 5.74) is 9.00. The molecule has 194 valence electrons. The highest BCUT2D eigenvalue weighted by molar-refractivity contribution is 6.28. The number of imidazole rings is 1. The van der Waals surface area contributed by atoms with Crippen molar-refractivity contribution < 1.29 is 9.59 Å². The van der Waals surface area contributed by atoms with Gasteiger partial charge in [-0.25, -0.2) is 24.9 Å². The van der Waals surface area contributed by atoms with Crippen LogP contribution in [0.1, 0.15) is 45.6 Å². The molecule has 0 saturated carbocycles. The van der Waals surface area contributed by atoms with Gasteiger partial charge in [0.25, 0.3) is 11.8 Å². The van der Waals surface area contributed by atoms with Crippen LogP contribution in [0.4, 0.5) is 11.6 Å². The second-order valence-corrected chi connectivity index (χ2v) is 9.30. The van der Waals surface area contributed by atoms with Crippen LogP contribution in [0.25, 0.3) is 16.8 Å². The Morgan fingerprint density at radius 2 is 1.82 bits per heavy atom. The first-order valence-electron chi connectivity index (χ1n) is 12.2. The fourth-order valence-corrected chi connectivity index (χ4v) is 4.95. The SMILES string of the molecule is Nc1nccn2c(C3CCCN3C(=O)c3ccnc(Cl)n3)nc(-c3ccc(C(=O)Nc4ccccn4)cc3)c12. The topological polar surface area (TPSA) is 144 Å². The van der Waals surface area contributed by atoms with Crippen LogP contribution in [0.3, 0.4) is 0 Å². The zero-order valence-electron chi connectivity index (χ0n) is 20.5. The Hall–Kier alpha value is -4.90. The highest BCUT2D eigenvalue weighted by Gasteiger charge is 2.35. The molecule has 3 N–H and O–H groups in total. The van der Waals surface area contributed by atoms with Crippen molar-refractivity contribution in [1.82, 2.24) is 34.2 Å². The van der Waals surface area contributed by atoms with Gasteiger partial charge < -0.3 is 16.0 Å². The van der Waals surface area contributed by atoms with Crippen LogP contribution < -0.4 is 11.1 Å². The third-order valence-corrected chi connectivity index (χ3v) is 6.78. The molecule has 39 heavy (non-hydrogen) atoms. The summed E-state index contributed by atoms with van der Waals surface area (Å²) in [4.78, 5) is 49.1. The van der Waals surface area contributed by atoms with Gasteiger partial charge in [0, 0.05) is 42.5 Å². The van der Waals surface area contributed by atoms with Gasteiger partial charge in [0.15, 0.2) is 0 Å². The van der Waals surface area contributed by atoms with E-state index in [2.05, 4.69) is 25.3 Å². The van der Waals surface area contributed by atoms with Gasteiger partial charge in [-0.2, -0.15) is 0 Å². The molecule has 0 bridgehead atoms. The molecule has 5 aromatic rings. The molecule has 1 unspecified atom stereocenters. The van der Waals surface area contributed by atoms with Crippen LogP contribution in [-0.4, -0.2) is 52.6 Å². The molecule has 2 amide bonds. The highest BCUT2D eigenvalue weighted by Crippen LogP contribution is 2.37. The normalized spacial score (nSPS) is 15.0. The van der Waals surface area contributed by atoms with E-state index in [0.717, 1.165) is 18.4 Å². The Kier molecular flexibility index (Phi) is 6.33. The number of hydrogen-bond donors (Lipinski definition) is 2. The van der Waals surface area contributed by atoms with E-state index in [1.165, 1.54) is 6.20 Å². The van der Waals surface area contributed by atoms with E-state index in [4.69, 9.17) is 22.3 Å². The average Bonchev–Trinajstić information content (AvgIpc) is 3.59. The van der Waals surface area contributed by atoms with Crippen molar-refractivity contribution in [2.75, 3.05) is 17.6 Å². The number of amides is 2. The zero-order valence-corrected chi connectivity index (χ0v) is 21.3. The monoisotopic (exact) mass is 539 g/mol. The maximum atomic E-state index is 13.4. The van der Waals surface area contributed by atoms with Gasteiger partial charge in [-0.3, -0.25) is 14.0 Å². The lowest BCUT2D eigenvalue weighted by molar-refractivity contribution is 0.0723. The number of rotatable bonds is 5. The number of aromatic nitrogens is 6. The van der Waals surface area contributed by atoms with Gasteiger partial charge in [-0.15, -0.1) is 0 Å². The molecule has 11 nitrogen and oxygen atoms in total. The maximum absolute atomic E-state index is 13.4. The lowest BCUT2D eigenvalue weighted by atomic mass is 10.1. The number of pyridine rings is 1. The number of nitrogens with zero attached hydrogens (tertiary/aromatic N) is 7. The molecule has 1 aliphatic rings. The predicted molar refractivity (Wildman–Crippen MR) is 145 cm³/mol. The molecule has 4 aromatic heterocycles. The van der Waals surface area contributed by atoms with Crippen LogP contribution >= 0.6 is 11.6 Å². The largest absolute Gasteiger partial charge is 0.382 e. The van der Waals surface area contributed by atoms with Crippen LogP contribution in [0.15, 0.2) is 73.3 Å². The number of nitrogens with two attached hydrogens (primary N) is 1. The van der Waals surface area contributed by atoms with E-state index < -0.39 is 0 Å². The molecule has 0 spiro atoms. The summed E-state index contributed by atoms with van der Waals surface area (Å²) in [6.45, 7) is 0.552. The van der Waals surface area contributed by atoms with Crippen molar-refractivity contribution in [3.63, 3.8) is 0 Å². The standard InChI is InChI=1S/C27H22ClN9O2/c28-27-32-12-10-18(33-27)26(39)36-14-3-4-19(36)24-35-21(22-23(29)31-13-15-37(22)24)16-6-8-17(9-7-16)25(38)34-20-5-1-2-11-30-20/h1-2,5-13,15,19H,3-4,14H2,(H2,29,31)(H,30,34,38). The van der Waals surface area contributed by atoms with Crippen LogP contribution in [-0.2, 0) is 0 Å². The number of likely N-dealkylation sites (tertiary alicyclic amines) is 1. The van der Waals surface area contributed by atoms with Gasteiger partial charge in [0.1, 0.15) is 34.4 Å². The quantitative estimate of drug-likeness (QED) is 0.318. The summed E-state index contributed by atoms with van der Waals surface area (Å²) in [5.74, 6) is 0.918. The zero-order chi connectivity index (χ0) is 26.9. The van der Waals surface area contributed by atoms with Crippen LogP contribution in [0.5, 0.6) is 0 Å². The van der Waals surface area contributed by atoms with Gasteiger partial charge in [0.05, 0.1) is 6.04 Å². The van der Waals surface area contributed by atoms with E-state index in [0.29, 0.717) is 40.8 Å². The minimum atomic E-state index is -0.308. The van der Waals surface area contributed by atoms with Gasteiger partial charge in [0.2, 0.25) is 5.28 Å². The minimum Gasteiger partial charge on any atom is -0.382 e. The molecule has 6 rings (SSSR count). The number of nitrogen functional groups attached to an aromatic ring is 1. The molecule has 5 heterocycles. The summed E-state index contributed by atoms with van der Waals surface area (Å²) in [6.07, 6.45) is 7.99. The van der Waals surface area contributed by atoms with Gasteiger partial charge in [-0.1, -0.05) is 18.2 Å². The first-order valence-corrected chi connectivity index (χ1v) is 12.6. The number of halogens is 1. The molecule has 12 heteroatoms. The lowest BCUT2D eigenvalue weighted by Gasteiger charge is -2.23. The van der Waals surface area contributed by atoms with Crippen LogP contribution in [0.2, 0.25) is 5.28 Å². The summed E-state index contributed by atoms with van der Waals surface area (Å²) in [6, 6.07) is 13.6. The molecule has 1 saturated heterocycles. The number of fused-ring (bicyclic) bond motifs is 1. The number of anilines is 2. The Morgan fingerprint density at radius 1 is 0.974 bits per heavy atom. The summed E-state index contributed by atoms with van der Waals surface area (Å²) in [7, 11) is 0. The smallest absolute Gasteiger partial charge is 0.273 e. The van der Waals surface area contributed by atoms with E-state index in [-0.39, 0.29) is 28.8 Å². The van der Waals surface area contributed by atoms with Crippen molar-refractivity contribution in [2.24, 2.45) is 0 Å². The Balaban J connectivity index is 1.35. The molecule has 1 atom stereocenters. The van der Waals surface area contributed by atoms with E-state index >= 15 is 0 Å². The number of carbonyl (C=O) groups excluding carboxylic acids is 2. The number of nitrogens with one attached hydrogen (secondary N) is 1. The second kappa shape index (κ2) is 10.1. The molecule has 1 aliphatic heterocycles. The third-order valence-electron chi connectivity index (χ3n) is 6.59. The minimum absolute atomic E-state index is 0.0150. The predicted octanol–water partition coefficient (Wildman–Crippen LogP) is 4.05. The van der Waals surface area contributed by atoms with Crippen molar-refractivity contribution in [3.8, 4) is 11.3 Å². The fourth-order valence-electron chi connectivity index (χ4n) is 4.81. The highest BCUT2D eigenvalue weighted by atomic mass is 35.5. The second-order valence-electron chi connectivity index (χ2n) is 8.96. The van der Waals surface area contributed by atoms with Crippen molar-refractivity contribution >= 4 is 40.6 Å². The molecule has 0 aliphatic carbocycles. The molecule has 0 radical (unpaired) electrons. The molecular weight excluding hydrogens is 518 g/mol. The fraction of sp³-hybridized carbons (Fsp3) is 0.148. The summed E-state index contributed by atoms with van der Waals surface area (Å²) < 4.78 is 1.88. The average molecular weight is 540 g/mol. The van der Waals surface area contributed by atoms with Crippen molar-refractivity contribution in [2.45, 2.75) is 18.9 Å². The van der Waals surface area contributed by atoms with Crippen molar-refractivity contribution in [3.05, 3.63) is 95.7 Å². The van der Waals surface area contributed by atoms with Gasteiger partial charge >= 0.3 is 0 Å². The lowest BCUT2D eigenvalue weighted by Crippen LogP contribution is -2.32. The first-order chi connectivity index (χ1) is 19.0. The summed E-state index contributed by atoms with van der Waals surface area (Å²) in [5, 5.41) is 2.79. The number of carbonyl (C=O) groups is 2. The first kappa shape index (κ1) is 24.4.